The van der Waals surface area contributed by atoms with Crippen molar-refractivity contribution in [3.63, 3.8) is 0 Å². The summed E-state index contributed by atoms with van der Waals surface area (Å²) in [5, 5.41) is 0. The molecule has 0 fully saturated rings. The Balaban J connectivity index is 0.000000148. The molecule has 0 amide bonds. The number of rotatable bonds is 0. The van der Waals surface area contributed by atoms with E-state index in [1.807, 2.05) is 0 Å². The van der Waals surface area contributed by atoms with Crippen LogP contribution in [0, 0.1) is 0 Å². The van der Waals surface area contributed by atoms with Crippen LogP contribution in [0.4, 0.5) is 0 Å². The number of halogens is 3. The summed E-state index contributed by atoms with van der Waals surface area (Å²) in [5.74, 6) is 0. The minimum Gasteiger partial charge on any atom is -0.450 e. The van der Waals surface area contributed by atoms with Crippen molar-refractivity contribution in [2.45, 2.75) is 0 Å². The van der Waals surface area contributed by atoms with E-state index in [0.717, 1.165) is 0 Å². The SMILES string of the molecule is [I][V]([I])[I].c1c[n-]cn1. The van der Waals surface area contributed by atoms with E-state index in [4.69, 9.17) is 0 Å². The first-order valence-corrected chi connectivity index (χ1v) is 15.4. The quantitative estimate of drug-likeness (QED) is 0.515. The zero-order valence-electron chi connectivity index (χ0n) is 4.21. The van der Waals surface area contributed by atoms with Crippen LogP contribution in [0.3, 0.4) is 0 Å². The van der Waals surface area contributed by atoms with Crippen molar-refractivity contribution in [3.8, 4) is 0 Å². The Morgan fingerprint density at radius 1 is 1.33 bits per heavy atom. The molecule has 1 heterocycles. The van der Waals surface area contributed by atoms with Gasteiger partial charge in [0.15, 0.2) is 0 Å². The van der Waals surface area contributed by atoms with Crippen molar-refractivity contribution < 1.29 is 4.92 Å². The summed E-state index contributed by atoms with van der Waals surface area (Å²) in [6, 6.07) is 0. The molecule has 0 bridgehead atoms. The summed E-state index contributed by atoms with van der Waals surface area (Å²) < 4.78 is 0. The number of imidazole rings is 1. The van der Waals surface area contributed by atoms with Gasteiger partial charge in [0.2, 0.25) is 0 Å². The maximum absolute atomic E-state index is 3.61. The molecule has 0 saturated heterocycles. The van der Waals surface area contributed by atoms with Gasteiger partial charge in [0.1, 0.15) is 0 Å². The number of nitrogens with zero attached hydrogens (tertiary/aromatic N) is 2. The fourth-order valence-electron chi connectivity index (χ4n) is 0.192. The predicted octanol–water partition coefficient (Wildman–Crippen LogP) is 2.69. The third-order valence-corrected chi connectivity index (χ3v) is 0.372. The van der Waals surface area contributed by atoms with Gasteiger partial charge in [0, 0.05) is 0 Å². The molecule has 0 radical (unpaired) electrons. The Morgan fingerprint density at radius 2 is 1.89 bits per heavy atom. The number of hydrogen-bond donors (Lipinski definition) is 0. The summed E-state index contributed by atoms with van der Waals surface area (Å²) in [5.41, 5.74) is 0. The Kier molecular flexibility index (Phi) is 9.87. The van der Waals surface area contributed by atoms with Crippen LogP contribution in [-0.4, -0.2) is 4.98 Å². The van der Waals surface area contributed by atoms with E-state index in [9.17, 15) is 0 Å². The van der Waals surface area contributed by atoms with Crippen molar-refractivity contribution in [2.75, 3.05) is 0 Å². The second kappa shape index (κ2) is 8.08. The standard InChI is InChI=1S/C3H3N2.3HI.V/c1-2-5-3-4-1;;;;/h1-3H;3*1H;/q-1;;;;+3/p-3. The fraction of sp³-hybridized carbons (Fsp3) is 0. The van der Waals surface area contributed by atoms with Crippen LogP contribution in [0.2, 0.25) is 0 Å². The summed E-state index contributed by atoms with van der Waals surface area (Å²) >= 11 is 7.39. The Morgan fingerprint density at radius 3 is 2.00 bits per heavy atom. The Hall–Kier alpha value is 1.98. The van der Waals surface area contributed by atoms with Gasteiger partial charge in [-0.15, -0.1) is 0 Å². The van der Waals surface area contributed by atoms with Gasteiger partial charge in [-0.1, -0.05) is 18.7 Å². The molecule has 0 aromatic carbocycles. The van der Waals surface area contributed by atoms with Gasteiger partial charge in [-0.2, -0.15) is 0 Å². The molecule has 52 valence electrons. The third-order valence-electron chi connectivity index (χ3n) is 0.372. The van der Waals surface area contributed by atoms with E-state index < -0.39 is 0 Å². The molecule has 2 nitrogen and oxygen atoms in total. The van der Waals surface area contributed by atoms with E-state index >= 15 is 0 Å². The molecule has 9 heavy (non-hydrogen) atoms. The van der Waals surface area contributed by atoms with Crippen LogP contribution < -0.4 is 4.98 Å². The molecule has 0 N–H and O–H groups in total. The van der Waals surface area contributed by atoms with Crippen molar-refractivity contribution in [1.82, 2.24) is 9.97 Å². The van der Waals surface area contributed by atoms with Gasteiger partial charge in [0.25, 0.3) is 0 Å². The van der Waals surface area contributed by atoms with E-state index in [1.54, 1.807) is 12.4 Å². The van der Waals surface area contributed by atoms with E-state index in [1.165, 1.54) is 6.33 Å². The Labute approximate surface area is 91.7 Å². The molecule has 0 aliphatic heterocycles. The summed E-state index contributed by atoms with van der Waals surface area (Å²) in [4.78, 5) is 6.94. The molecule has 0 spiro atoms. The van der Waals surface area contributed by atoms with Crippen molar-refractivity contribution >= 4 is 59.9 Å². The van der Waals surface area contributed by atoms with Gasteiger partial charge >= 0.3 is 64.9 Å². The van der Waals surface area contributed by atoms with Gasteiger partial charge in [-0.25, -0.2) is 0 Å². The van der Waals surface area contributed by atoms with E-state index in [2.05, 4.69) is 69.9 Å². The minimum atomic E-state index is -0.278. The number of aromatic nitrogens is 2. The van der Waals surface area contributed by atoms with Gasteiger partial charge in [-0.3, -0.25) is 0 Å². The molecule has 6 heteroatoms. The molecule has 0 aliphatic rings. The molecular formula is C3H3I3N2V-. The Bertz CT molecular complexity index is 101. The molecular weight excluding hydrogens is 496 g/mol. The normalized spacial score (nSPS) is 8.44. The molecule has 1 aromatic heterocycles. The molecule has 0 aliphatic carbocycles. The number of hydrogen-bond acceptors (Lipinski definition) is 1. The first-order valence-electron chi connectivity index (χ1n) is 1.87. The van der Waals surface area contributed by atoms with Crippen LogP contribution in [-0.2, 0) is 4.92 Å². The average molecular weight is 499 g/mol. The summed E-state index contributed by atoms with van der Waals surface area (Å²) in [7, 11) is 0. The van der Waals surface area contributed by atoms with Crippen molar-refractivity contribution in [1.29, 1.82) is 0 Å². The molecule has 1 aromatic rings. The molecule has 0 atom stereocenters. The fourth-order valence-corrected chi connectivity index (χ4v) is 0.192. The average Bonchev–Trinajstić information content (AvgIpc) is 2.11. The molecule has 1 rings (SSSR count). The van der Waals surface area contributed by atoms with E-state index in [0.29, 0.717) is 0 Å². The van der Waals surface area contributed by atoms with Gasteiger partial charge in [-0.05, 0) is 0 Å². The topological polar surface area (TPSA) is 27.0 Å². The smallest absolute Gasteiger partial charge is 0.0843 e. The van der Waals surface area contributed by atoms with Crippen LogP contribution in [0.25, 0.3) is 0 Å². The summed E-state index contributed by atoms with van der Waals surface area (Å²) in [6.45, 7) is 0. The van der Waals surface area contributed by atoms with Crippen LogP contribution in [0.5, 0.6) is 0 Å². The largest absolute Gasteiger partial charge is 0.450 e. The minimum absolute atomic E-state index is 0.278. The van der Waals surface area contributed by atoms with Crippen molar-refractivity contribution in [2.24, 2.45) is 0 Å². The molecule has 0 unspecified atom stereocenters. The van der Waals surface area contributed by atoms with Crippen LogP contribution in [0.15, 0.2) is 18.7 Å². The van der Waals surface area contributed by atoms with Gasteiger partial charge in [0.05, 0.1) is 0 Å². The maximum atomic E-state index is 3.61. The first-order chi connectivity index (χ1) is 4.23. The second-order valence-electron chi connectivity index (χ2n) is 0.903. The van der Waals surface area contributed by atoms with E-state index in [-0.39, 0.29) is 4.92 Å². The van der Waals surface area contributed by atoms with Crippen molar-refractivity contribution in [3.05, 3.63) is 18.7 Å². The zero-order chi connectivity index (χ0) is 7.11. The maximum Gasteiger partial charge on any atom is -0.0843 e. The first kappa shape index (κ1) is 11.0. The molecule has 0 saturated carbocycles. The third kappa shape index (κ3) is 13.0. The zero-order valence-corrected chi connectivity index (χ0v) is 12.1. The van der Waals surface area contributed by atoms with Crippen LogP contribution >= 0.6 is 59.9 Å². The summed E-state index contributed by atoms with van der Waals surface area (Å²) in [6.07, 6.45) is 4.78. The monoisotopic (exact) mass is 499 g/mol. The van der Waals surface area contributed by atoms with Gasteiger partial charge < -0.3 is 9.97 Å². The predicted molar refractivity (Wildman–Crippen MR) is 59.6 cm³/mol. The second-order valence-corrected chi connectivity index (χ2v) is 36.3. The van der Waals surface area contributed by atoms with Crippen LogP contribution in [0.1, 0.15) is 0 Å².